The summed E-state index contributed by atoms with van der Waals surface area (Å²) < 4.78 is 0. The number of nitrogens with one attached hydrogen (secondary N) is 3. The quantitative estimate of drug-likeness (QED) is 0.700. The smallest absolute Gasteiger partial charge is 0.251 e. The highest BCUT2D eigenvalue weighted by molar-refractivity contribution is 6.30. The Bertz CT molecular complexity index is 558. The Balaban J connectivity index is 2.73. The molecule has 1 atom stereocenters. The largest absolute Gasteiger partial charge is 0.358 e. The first kappa shape index (κ1) is 19.0. The molecule has 1 unspecified atom stereocenters. The topological polar surface area (TPSA) is 87.3 Å². The molecule has 0 saturated carbocycles. The number of benzene rings is 1. The molecule has 0 aliphatic heterocycles. The molecule has 0 bridgehead atoms. The fraction of sp³-hybridized carbons (Fsp3) is 0.438. The van der Waals surface area contributed by atoms with E-state index in [0.29, 0.717) is 17.0 Å². The summed E-state index contributed by atoms with van der Waals surface area (Å²) in [5.41, 5.74) is 0.419. The van der Waals surface area contributed by atoms with Crippen LogP contribution in [0.2, 0.25) is 5.02 Å². The van der Waals surface area contributed by atoms with Crippen molar-refractivity contribution in [1.29, 1.82) is 0 Å². The molecule has 1 aromatic rings. The Morgan fingerprint density at radius 2 is 1.74 bits per heavy atom. The highest BCUT2D eigenvalue weighted by Crippen LogP contribution is 2.11. The minimum absolute atomic E-state index is 0.124. The number of amides is 3. The molecular weight excluding hydrogens is 318 g/mol. The molecule has 23 heavy (non-hydrogen) atoms. The van der Waals surface area contributed by atoms with Gasteiger partial charge in [-0.2, -0.15) is 0 Å². The average Bonchev–Trinajstić information content (AvgIpc) is 2.51. The van der Waals surface area contributed by atoms with Crippen LogP contribution >= 0.6 is 11.6 Å². The molecule has 0 aliphatic rings. The van der Waals surface area contributed by atoms with E-state index in [9.17, 15) is 14.4 Å². The van der Waals surface area contributed by atoms with Crippen LogP contribution < -0.4 is 16.0 Å². The highest BCUT2D eigenvalue weighted by Gasteiger charge is 2.22. The summed E-state index contributed by atoms with van der Waals surface area (Å²) in [6, 6.07) is 5.70. The predicted molar refractivity (Wildman–Crippen MR) is 89.2 cm³/mol. The molecule has 1 rings (SSSR count). The van der Waals surface area contributed by atoms with Crippen molar-refractivity contribution >= 4 is 29.3 Å². The molecular formula is C16H22ClN3O3. The second-order valence-electron chi connectivity index (χ2n) is 5.55. The van der Waals surface area contributed by atoms with Crippen molar-refractivity contribution < 1.29 is 14.4 Å². The van der Waals surface area contributed by atoms with Gasteiger partial charge in [-0.15, -0.1) is 0 Å². The summed E-state index contributed by atoms with van der Waals surface area (Å²) in [7, 11) is 1.49. The fourth-order valence-corrected chi connectivity index (χ4v) is 2.05. The van der Waals surface area contributed by atoms with Gasteiger partial charge in [0.2, 0.25) is 11.8 Å². The molecule has 0 radical (unpaired) electrons. The summed E-state index contributed by atoms with van der Waals surface area (Å²) in [6.07, 6.45) is 0.471. The van der Waals surface area contributed by atoms with Gasteiger partial charge < -0.3 is 16.0 Å². The molecule has 0 fully saturated rings. The van der Waals surface area contributed by atoms with Crippen molar-refractivity contribution in [1.82, 2.24) is 16.0 Å². The van der Waals surface area contributed by atoms with Crippen LogP contribution in [0.1, 0.15) is 30.6 Å². The van der Waals surface area contributed by atoms with Crippen molar-refractivity contribution in [2.24, 2.45) is 5.92 Å². The lowest BCUT2D eigenvalue weighted by Gasteiger charge is -2.20. The van der Waals surface area contributed by atoms with Crippen LogP contribution in [-0.4, -0.2) is 37.4 Å². The number of rotatable bonds is 7. The first-order chi connectivity index (χ1) is 10.8. The second kappa shape index (κ2) is 9.15. The Kier molecular flexibility index (Phi) is 7.54. The zero-order valence-corrected chi connectivity index (χ0v) is 14.2. The Morgan fingerprint density at radius 3 is 2.26 bits per heavy atom. The molecule has 3 N–H and O–H groups in total. The average molecular weight is 340 g/mol. The third-order valence-electron chi connectivity index (χ3n) is 3.14. The van der Waals surface area contributed by atoms with Crippen molar-refractivity contribution in [2.45, 2.75) is 26.3 Å². The Labute approximate surface area is 141 Å². The van der Waals surface area contributed by atoms with Crippen LogP contribution in [0.25, 0.3) is 0 Å². The van der Waals surface area contributed by atoms with Gasteiger partial charge >= 0.3 is 0 Å². The Morgan fingerprint density at radius 1 is 1.13 bits per heavy atom. The van der Waals surface area contributed by atoms with Gasteiger partial charge in [-0.3, -0.25) is 14.4 Å². The molecule has 0 heterocycles. The van der Waals surface area contributed by atoms with Crippen LogP contribution in [0.4, 0.5) is 0 Å². The second-order valence-corrected chi connectivity index (χ2v) is 5.99. The van der Waals surface area contributed by atoms with Gasteiger partial charge in [0, 0.05) is 17.6 Å². The molecule has 6 nitrogen and oxygen atoms in total. The van der Waals surface area contributed by atoms with Crippen LogP contribution in [0.3, 0.4) is 0 Å². The van der Waals surface area contributed by atoms with Crippen LogP contribution in [0.15, 0.2) is 24.3 Å². The summed E-state index contributed by atoms with van der Waals surface area (Å²) >= 11 is 5.79. The van der Waals surface area contributed by atoms with E-state index in [2.05, 4.69) is 16.0 Å². The van der Waals surface area contributed by atoms with Crippen LogP contribution in [-0.2, 0) is 9.59 Å². The Hall–Kier alpha value is -2.08. The SMILES string of the molecule is CNC(=O)CNC(=O)C(CC(C)C)NC(=O)c1ccc(Cl)cc1. The third kappa shape index (κ3) is 6.69. The standard InChI is InChI=1S/C16H22ClN3O3/c1-10(2)8-13(16(23)19-9-14(21)18-3)20-15(22)11-4-6-12(17)7-5-11/h4-7,10,13H,8-9H2,1-3H3,(H,18,21)(H,19,23)(H,20,22). The fourth-order valence-electron chi connectivity index (χ4n) is 1.92. The molecule has 0 saturated heterocycles. The molecule has 0 spiro atoms. The summed E-state index contributed by atoms with van der Waals surface area (Å²) in [5.74, 6) is -0.839. The van der Waals surface area contributed by atoms with E-state index in [0.717, 1.165) is 0 Å². The van der Waals surface area contributed by atoms with E-state index in [4.69, 9.17) is 11.6 Å². The van der Waals surface area contributed by atoms with Gasteiger partial charge in [0.25, 0.3) is 5.91 Å². The summed E-state index contributed by atoms with van der Waals surface area (Å²) in [4.78, 5) is 35.6. The lowest BCUT2D eigenvalue weighted by Crippen LogP contribution is -2.49. The van der Waals surface area contributed by atoms with Gasteiger partial charge in [0.1, 0.15) is 6.04 Å². The lowest BCUT2D eigenvalue weighted by molar-refractivity contribution is -0.127. The third-order valence-corrected chi connectivity index (χ3v) is 3.39. The zero-order valence-electron chi connectivity index (χ0n) is 13.5. The number of hydrogen-bond donors (Lipinski definition) is 3. The van der Waals surface area contributed by atoms with Gasteiger partial charge in [0.05, 0.1) is 6.54 Å². The van der Waals surface area contributed by atoms with Crippen molar-refractivity contribution in [3.63, 3.8) is 0 Å². The number of likely N-dealkylation sites (N-methyl/N-ethyl adjacent to an activating group) is 1. The number of carbonyl (C=O) groups excluding carboxylic acids is 3. The normalized spacial score (nSPS) is 11.7. The zero-order chi connectivity index (χ0) is 17.4. The van der Waals surface area contributed by atoms with Gasteiger partial charge in [-0.25, -0.2) is 0 Å². The maximum absolute atomic E-state index is 12.2. The minimum Gasteiger partial charge on any atom is -0.358 e. The van der Waals surface area contributed by atoms with E-state index in [1.54, 1.807) is 24.3 Å². The van der Waals surface area contributed by atoms with Gasteiger partial charge in [-0.05, 0) is 36.6 Å². The van der Waals surface area contributed by atoms with Crippen molar-refractivity contribution in [2.75, 3.05) is 13.6 Å². The maximum atomic E-state index is 12.2. The maximum Gasteiger partial charge on any atom is 0.251 e. The lowest BCUT2D eigenvalue weighted by atomic mass is 10.0. The number of carbonyl (C=O) groups is 3. The van der Waals surface area contributed by atoms with Crippen LogP contribution in [0, 0.1) is 5.92 Å². The molecule has 0 aliphatic carbocycles. The predicted octanol–water partition coefficient (Wildman–Crippen LogP) is 1.35. The summed E-state index contributed by atoms with van der Waals surface area (Å²) in [6.45, 7) is 3.78. The van der Waals surface area contributed by atoms with E-state index < -0.39 is 6.04 Å². The minimum atomic E-state index is -0.706. The monoisotopic (exact) mass is 339 g/mol. The number of hydrogen-bond acceptors (Lipinski definition) is 3. The molecule has 0 aromatic heterocycles. The van der Waals surface area contributed by atoms with Crippen molar-refractivity contribution in [3.05, 3.63) is 34.9 Å². The molecule has 126 valence electrons. The van der Waals surface area contributed by atoms with Gasteiger partial charge in [-0.1, -0.05) is 25.4 Å². The first-order valence-electron chi connectivity index (χ1n) is 7.38. The van der Waals surface area contributed by atoms with E-state index >= 15 is 0 Å². The van der Waals surface area contributed by atoms with E-state index in [1.165, 1.54) is 7.05 Å². The van der Waals surface area contributed by atoms with Crippen LogP contribution in [0.5, 0.6) is 0 Å². The first-order valence-corrected chi connectivity index (χ1v) is 7.76. The highest BCUT2D eigenvalue weighted by atomic mass is 35.5. The van der Waals surface area contributed by atoms with Crippen molar-refractivity contribution in [3.8, 4) is 0 Å². The van der Waals surface area contributed by atoms with E-state index in [-0.39, 0.29) is 30.2 Å². The molecule has 7 heteroatoms. The summed E-state index contributed by atoms with van der Waals surface area (Å²) in [5, 5.41) is 8.17. The number of halogens is 1. The molecule has 1 aromatic carbocycles. The van der Waals surface area contributed by atoms with Gasteiger partial charge in [0.15, 0.2) is 0 Å². The van der Waals surface area contributed by atoms with E-state index in [1.807, 2.05) is 13.8 Å². The molecule has 3 amide bonds.